The molecule has 2 aliphatic rings. The molecule has 3 heterocycles. The molecule has 1 aromatic carbocycles. The first-order chi connectivity index (χ1) is 15.5. The number of benzene rings is 1. The summed E-state index contributed by atoms with van der Waals surface area (Å²) in [5.41, 5.74) is 3.62. The van der Waals surface area contributed by atoms with Crippen molar-refractivity contribution >= 4 is 23.5 Å². The number of rotatable bonds is 9. The van der Waals surface area contributed by atoms with Crippen LogP contribution in [0.1, 0.15) is 46.0 Å². The highest BCUT2D eigenvalue weighted by Gasteiger charge is 2.35. The molecule has 2 fully saturated rings. The molecule has 4 N–H and O–H groups in total. The van der Waals surface area contributed by atoms with Crippen molar-refractivity contribution in [3.63, 3.8) is 0 Å². The average Bonchev–Trinajstić information content (AvgIpc) is 3.48. The van der Waals surface area contributed by atoms with Gasteiger partial charge in [0.1, 0.15) is 0 Å². The van der Waals surface area contributed by atoms with Gasteiger partial charge in [-0.3, -0.25) is 5.43 Å². The van der Waals surface area contributed by atoms with Crippen LogP contribution in [0, 0.1) is 5.82 Å². The summed E-state index contributed by atoms with van der Waals surface area (Å²) in [5.74, 6) is 1.01. The molecule has 0 bridgehead atoms. The maximum atomic E-state index is 14.2. The topological polar surface area (TPSA) is 99.3 Å². The van der Waals surface area contributed by atoms with Gasteiger partial charge in [0.15, 0.2) is 11.6 Å². The van der Waals surface area contributed by atoms with Gasteiger partial charge in [-0.25, -0.2) is 9.40 Å². The van der Waals surface area contributed by atoms with Crippen molar-refractivity contribution in [1.29, 1.82) is 0 Å². The van der Waals surface area contributed by atoms with Gasteiger partial charge in [-0.2, -0.15) is 15.0 Å². The standard InChI is InChI=1S/C22H33FN8O/c1-4-22(2,18-8-7-11-24-18)29-20-26-19(25-15-9-10-17(32-3)16(23)14-15)27-21(28-20)30-31-12-5-6-13-31/h9-10,14,18,24H,4-8,11-13H2,1-3H3,(H3,25,26,27,28,29,30). The molecule has 2 aliphatic heterocycles. The van der Waals surface area contributed by atoms with Crippen molar-refractivity contribution in [3.8, 4) is 5.75 Å². The number of hydrogen-bond donors (Lipinski definition) is 4. The Hall–Kier alpha value is -2.72. The Balaban J connectivity index is 1.60. The average molecular weight is 445 g/mol. The van der Waals surface area contributed by atoms with E-state index >= 15 is 0 Å². The molecular formula is C22H33FN8O. The summed E-state index contributed by atoms with van der Waals surface area (Å²) in [4.78, 5) is 13.8. The van der Waals surface area contributed by atoms with Gasteiger partial charge >= 0.3 is 0 Å². The van der Waals surface area contributed by atoms with Crippen molar-refractivity contribution in [2.24, 2.45) is 0 Å². The molecule has 0 aliphatic carbocycles. The number of ether oxygens (including phenoxy) is 1. The maximum absolute atomic E-state index is 14.2. The van der Waals surface area contributed by atoms with Gasteiger partial charge < -0.3 is 20.7 Å². The second kappa shape index (κ2) is 9.83. The maximum Gasteiger partial charge on any atom is 0.244 e. The Bertz CT molecular complexity index is 917. The fourth-order valence-corrected chi connectivity index (χ4v) is 4.29. The van der Waals surface area contributed by atoms with Crippen LogP contribution in [0.3, 0.4) is 0 Å². The third-order valence-electron chi connectivity index (χ3n) is 6.37. The number of halogens is 1. The Morgan fingerprint density at radius 1 is 1.16 bits per heavy atom. The lowest BCUT2D eigenvalue weighted by Crippen LogP contribution is -2.51. The van der Waals surface area contributed by atoms with E-state index in [1.54, 1.807) is 12.1 Å². The van der Waals surface area contributed by atoms with Crippen LogP contribution in [0.5, 0.6) is 5.75 Å². The van der Waals surface area contributed by atoms with E-state index in [0.717, 1.165) is 51.7 Å². The molecule has 9 nitrogen and oxygen atoms in total. The highest BCUT2D eigenvalue weighted by Crippen LogP contribution is 2.28. The lowest BCUT2D eigenvalue weighted by atomic mass is 9.88. The number of hydrogen-bond acceptors (Lipinski definition) is 9. The van der Waals surface area contributed by atoms with Crippen LogP contribution in [0.25, 0.3) is 0 Å². The van der Waals surface area contributed by atoms with Crippen molar-refractivity contribution in [3.05, 3.63) is 24.0 Å². The normalized spacial score (nSPS) is 20.7. The predicted molar refractivity (Wildman–Crippen MR) is 124 cm³/mol. The molecule has 2 saturated heterocycles. The lowest BCUT2D eigenvalue weighted by molar-refractivity contribution is 0.364. The third-order valence-corrected chi connectivity index (χ3v) is 6.37. The zero-order valence-corrected chi connectivity index (χ0v) is 19.0. The number of aromatic nitrogens is 3. The molecule has 2 unspecified atom stereocenters. The molecule has 1 aromatic heterocycles. The van der Waals surface area contributed by atoms with E-state index in [4.69, 9.17) is 4.74 Å². The highest BCUT2D eigenvalue weighted by atomic mass is 19.1. The molecule has 0 radical (unpaired) electrons. The summed E-state index contributed by atoms with van der Waals surface area (Å²) in [5, 5.41) is 12.3. The Kier molecular flexibility index (Phi) is 6.90. The van der Waals surface area contributed by atoms with Crippen LogP contribution in [0.2, 0.25) is 0 Å². The molecular weight excluding hydrogens is 411 g/mol. The summed E-state index contributed by atoms with van der Waals surface area (Å²) in [7, 11) is 1.44. The fourth-order valence-electron chi connectivity index (χ4n) is 4.29. The van der Waals surface area contributed by atoms with E-state index in [1.807, 2.05) is 0 Å². The van der Waals surface area contributed by atoms with Gasteiger partial charge in [0, 0.05) is 30.9 Å². The van der Waals surface area contributed by atoms with Gasteiger partial charge in [-0.05, 0) is 57.7 Å². The van der Waals surface area contributed by atoms with E-state index < -0.39 is 5.82 Å². The Labute approximate surface area is 188 Å². The molecule has 2 aromatic rings. The van der Waals surface area contributed by atoms with Crippen LogP contribution < -0.4 is 26.1 Å². The second-order valence-corrected chi connectivity index (χ2v) is 8.63. The van der Waals surface area contributed by atoms with Crippen molar-refractivity contribution in [2.45, 2.75) is 57.5 Å². The minimum Gasteiger partial charge on any atom is -0.494 e. The van der Waals surface area contributed by atoms with Gasteiger partial charge in [0.05, 0.1) is 12.6 Å². The van der Waals surface area contributed by atoms with E-state index in [0.29, 0.717) is 29.6 Å². The summed E-state index contributed by atoms with van der Waals surface area (Å²) in [6.07, 6.45) is 5.47. The van der Waals surface area contributed by atoms with Crippen LogP contribution in [0.4, 0.5) is 27.9 Å². The van der Waals surface area contributed by atoms with Crippen LogP contribution in [0.15, 0.2) is 18.2 Å². The first kappa shape index (κ1) is 22.5. The van der Waals surface area contributed by atoms with Crippen LogP contribution in [-0.2, 0) is 0 Å². The highest BCUT2D eigenvalue weighted by molar-refractivity contribution is 5.57. The predicted octanol–water partition coefficient (Wildman–Crippen LogP) is 3.52. The molecule has 0 amide bonds. The number of methoxy groups -OCH3 is 1. The summed E-state index contributed by atoms with van der Waals surface area (Å²) >= 11 is 0. The smallest absolute Gasteiger partial charge is 0.244 e. The van der Waals surface area contributed by atoms with Crippen molar-refractivity contribution < 1.29 is 9.13 Å². The number of nitrogens with zero attached hydrogens (tertiary/aromatic N) is 4. The van der Waals surface area contributed by atoms with Gasteiger partial charge in [0.2, 0.25) is 17.8 Å². The molecule has 174 valence electrons. The van der Waals surface area contributed by atoms with Gasteiger partial charge in [0.25, 0.3) is 0 Å². The van der Waals surface area contributed by atoms with E-state index in [1.165, 1.54) is 13.2 Å². The minimum absolute atomic E-state index is 0.188. The van der Waals surface area contributed by atoms with Crippen molar-refractivity contribution in [1.82, 2.24) is 25.3 Å². The number of nitrogens with one attached hydrogen (secondary N) is 4. The van der Waals surface area contributed by atoms with Gasteiger partial charge in [-0.15, -0.1) is 0 Å². The van der Waals surface area contributed by atoms with Crippen LogP contribution >= 0.6 is 0 Å². The molecule has 0 saturated carbocycles. The fraction of sp³-hybridized carbons (Fsp3) is 0.591. The zero-order valence-electron chi connectivity index (χ0n) is 19.0. The van der Waals surface area contributed by atoms with E-state index in [9.17, 15) is 4.39 Å². The van der Waals surface area contributed by atoms with Crippen LogP contribution in [-0.4, -0.2) is 58.3 Å². The SMILES string of the molecule is CCC(C)(Nc1nc(Nc2ccc(OC)c(F)c2)nc(NN2CCCC2)n1)C1CCCN1. The van der Waals surface area contributed by atoms with Crippen molar-refractivity contribution in [2.75, 3.05) is 42.8 Å². The largest absolute Gasteiger partial charge is 0.494 e. The molecule has 2 atom stereocenters. The first-order valence-corrected chi connectivity index (χ1v) is 11.4. The van der Waals surface area contributed by atoms with E-state index in [2.05, 4.69) is 55.2 Å². The molecule has 32 heavy (non-hydrogen) atoms. The molecule has 4 rings (SSSR count). The third kappa shape index (κ3) is 5.18. The summed E-state index contributed by atoms with van der Waals surface area (Å²) < 4.78 is 19.2. The minimum atomic E-state index is -0.453. The zero-order chi connectivity index (χ0) is 22.6. The molecule has 10 heteroatoms. The second-order valence-electron chi connectivity index (χ2n) is 8.63. The summed E-state index contributed by atoms with van der Waals surface area (Å²) in [6, 6.07) is 5.00. The van der Waals surface area contributed by atoms with Gasteiger partial charge in [-0.1, -0.05) is 6.92 Å². The Morgan fingerprint density at radius 3 is 2.56 bits per heavy atom. The number of hydrazine groups is 1. The molecule has 0 spiro atoms. The van der Waals surface area contributed by atoms with E-state index in [-0.39, 0.29) is 11.3 Å². The quantitative estimate of drug-likeness (QED) is 0.463. The monoisotopic (exact) mass is 444 g/mol. The summed E-state index contributed by atoms with van der Waals surface area (Å²) in [6.45, 7) is 7.27. The first-order valence-electron chi connectivity index (χ1n) is 11.4. The number of anilines is 4. The lowest BCUT2D eigenvalue weighted by Gasteiger charge is -2.36. The Morgan fingerprint density at radius 2 is 1.91 bits per heavy atom.